The van der Waals surface area contributed by atoms with Gasteiger partial charge in [0.25, 0.3) is 5.91 Å². The van der Waals surface area contributed by atoms with Crippen molar-refractivity contribution in [2.45, 2.75) is 13.8 Å². The highest BCUT2D eigenvalue weighted by Gasteiger charge is 2.18. The van der Waals surface area contributed by atoms with E-state index < -0.39 is 5.97 Å². The molecule has 0 aliphatic heterocycles. The van der Waals surface area contributed by atoms with Crippen molar-refractivity contribution in [2.75, 3.05) is 26.0 Å². The molecule has 1 rings (SSSR count). The normalized spacial score (nSPS) is 10.2. The van der Waals surface area contributed by atoms with Crippen LogP contribution >= 0.6 is 0 Å². The third-order valence-corrected chi connectivity index (χ3v) is 2.61. The Morgan fingerprint density at radius 1 is 1.05 bits per heavy atom. The molecule has 1 aromatic carbocycles. The van der Waals surface area contributed by atoms with E-state index in [0.717, 1.165) is 10.8 Å². The van der Waals surface area contributed by atoms with Crippen LogP contribution in [0.4, 0.5) is 5.69 Å². The molecule has 0 bridgehead atoms. The Balaban J connectivity index is 2.74. The SMILES string of the molecule is CC(C)C(=O)ON(C)C(=O)c1ccc(N(C)C)cc1. The van der Waals surface area contributed by atoms with Crippen LogP contribution in [0.2, 0.25) is 0 Å². The Kier molecular flexibility index (Phi) is 4.92. The van der Waals surface area contributed by atoms with Crippen molar-refractivity contribution in [2.24, 2.45) is 5.92 Å². The van der Waals surface area contributed by atoms with Crippen LogP contribution in [0.15, 0.2) is 24.3 Å². The lowest BCUT2D eigenvalue weighted by molar-refractivity contribution is -0.177. The van der Waals surface area contributed by atoms with Crippen molar-refractivity contribution in [1.82, 2.24) is 5.06 Å². The summed E-state index contributed by atoms with van der Waals surface area (Å²) in [6.07, 6.45) is 0. The van der Waals surface area contributed by atoms with E-state index in [4.69, 9.17) is 4.84 Å². The molecule has 0 aliphatic rings. The standard InChI is InChI=1S/C14H20N2O3/c1-10(2)14(18)19-16(5)13(17)11-6-8-12(9-7-11)15(3)4/h6-10H,1-5H3. The van der Waals surface area contributed by atoms with Crippen molar-refractivity contribution < 1.29 is 14.4 Å². The van der Waals surface area contributed by atoms with Gasteiger partial charge in [-0.15, -0.1) is 0 Å². The van der Waals surface area contributed by atoms with E-state index in [-0.39, 0.29) is 11.8 Å². The maximum atomic E-state index is 12.0. The highest BCUT2D eigenvalue weighted by atomic mass is 16.7. The maximum Gasteiger partial charge on any atom is 0.335 e. The van der Waals surface area contributed by atoms with Gasteiger partial charge < -0.3 is 9.74 Å². The molecule has 5 nitrogen and oxygen atoms in total. The first-order valence-electron chi connectivity index (χ1n) is 6.10. The highest BCUT2D eigenvalue weighted by Crippen LogP contribution is 2.13. The van der Waals surface area contributed by atoms with Gasteiger partial charge in [0.2, 0.25) is 0 Å². The predicted octanol–water partition coefficient (Wildman–Crippen LogP) is 1.94. The lowest BCUT2D eigenvalue weighted by Crippen LogP contribution is -2.31. The quantitative estimate of drug-likeness (QED) is 0.783. The van der Waals surface area contributed by atoms with Crippen molar-refractivity contribution >= 4 is 17.6 Å². The smallest absolute Gasteiger partial charge is 0.335 e. The fraction of sp³-hybridized carbons (Fsp3) is 0.429. The number of hydrogen-bond donors (Lipinski definition) is 0. The summed E-state index contributed by atoms with van der Waals surface area (Å²) in [6.45, 7) is 3.43. The third-order valence-electron chi connectivity index (χ3n) is 2.61. The minimum Gasteiger partial charge on any atom is -0.378 e. The molecule has 0 aromatic heterocycles. The Hall–Kier alpha value is -2.04. The van der Waals surface area contributed by atoms with Gasteiger partial charge in [-0.3, -0.25) is 4.79 Å². The fourth-order valence-electron chi connectivity index (χ4n) is 1.37. The second-order valence-corrected chi connectivity index (χ2v) is 4.81. The van der Waals surface area contributed by atoms with Crippen LogP contribution in [-0.2, 0) is 9.63 Å². The topological polar surface area (TPSA) is 49.9 Å². The zero-order valence-electron chi connectivity index (χ0n) is 12.0. The van der Waals surface area contributed by atoms with Gasteiger partial charge in [0.1, 0.15) is 0 Å². The van der Waals surface area contributed by atoms with Crippen LogP contribution in [0, 0.1) is 5.92 Å². The highest BCUT2D eigenvalue weighted by molar-refractivity contribution is 5.94. The van der Waals surface area contributed by atoms with Crippen molar-refractivity contribution in [3.8, 4) is 0 Å². The second kappa shape index (κ2) is 6.22. The Morgan fingerprint density at radius 2 is 1.58 bits per heavy atom. The summed E-state index contributed by atoms with van der Waals surface area (Å²) in [5.74, 6) is -1.05. The van der Waals surface area contributed by atoms with E-state index in [1.165, 1.54) is 7.05 Å². The molecule has 0 aliphatic carbocycles. The van der Waals surface area contributed by atoms with E-state index in [1.807, 2.05) is 31.1 Å². The van der Waals surface area contributed by atoms with E-state index in [0.29, 0.717) is 5.56 Å². The molecule has 0 saturated heterocycles. The van der Waals surface area contributed by atoms with Crippen LogP contribution in [0.1, 0.15) is 24.2 Å². The van der Waals surface area contributed by atoms with Gasteiger partial charge >= 0.3 is 5.97 Å². The first kappa shape index (κ1) is 15.0. The molecular formula is C14H20N2O3. The van der Waals surface area contributed by atoms with Gasteiger partial charge in [0, 0.05) is 32.4 Å². The number of carbonyl (C=O) groups excluding carboxylic acids is 2. The molecule has 0 spiro atoms. The number of hydrogen-bond acceptors (Lipinski definition) is 4. The number of nitrogens with zero attached hydrogens (tertiary/aromatic N) is 2. The van der Waals surface area contributed by atoms with E-state index in [2.05, 4.69) is 0 Å². The average Bonchev–Trinajstić information content (AvgIpc) is 2.37. The predicted molar refractivity (Wildman–Crippen MR) is 73.8 cm³/mol. The van der Waals surface area contributed by atoms with Crippen LogP contribution in [0.3, 0.4) is 0 Å². The number of anilines is 1. The molecule has 104 valence electrons. The van der Waals surface area contributed by atoms with Gasteiger partial charge in [-0.2, -0.15) is 5.06 Å². The summed E-state index contributed by atoms with van der Waals surface area (Å²) < 4.78 is 0. The van der Waals surface area contributed by atoms with E-state index >= 15 is 0 Å². The van der Waals surface area contributed by atoms with Crippen LogP contribution < -0.4 is 4.90 Å². The van der Waals surface area contributed by atoms with Gasteiger partial charge in [-0.25, -0.2) is 4.79 Å². The van der Waals surface area contributed by atoms with Gasteiger partial charge in [-0.1, -0.05) is 13.8 Å². The largest absolute Gasteiger partial charge is 0.378 e. The van der Waals surface area contributed by atoms with Gasteiger partial charge in [0.15, 0.2) is 0 Å². The minimum atomic E-state index is -0.430. The van der Waals surface area contributed by atoms with E-state index in [9.17, 15) is 9.59 Å². The summed E-state index contributed by atoms with van der Waals surface area (Å²) in [4.78, 5) is 30.3. The summed E-state index contributed by atoms with van der Waals surface area (Å²) in [6, 6.07) is 7.09. The molecule has 1 amide bonds. The first-order chi connectivity index (χ1) is 8.82. The summed E-state index contributed by atoms with van der Waals surface area (Å²) >= 11 is 0. The molecule has 0 saturated carbocycles. The third kappa shape index (κ3) is 3.98. The fourth-order valence-corrected chi connectivity index (χ4v) is 1.37. The summed E-state index contributed by atoms with van der Waals surface area (Å²) in [5, 5.41) is 0.965. The molecule has 0 fully saturated rings. The molecule has 0 heterocycles. The lowest BCUT2D eigenvalue weighted by Gasteiger charge is -2.18. The van der Waals surface area contributed by atoms with Crippen molar-refractivity contribution in [1.29, 1.82) is 0 Å². The second-order valence-electron chi connectivity index (χ2n) is 4.81. The number of carbonyl (C=O) groups is 2. The summed E-state index contributed by atoms with van der Waals surface area (Å²) in [7, 11) is 5.28. The summed E-state index contributed by atoms with van der Waals surface area (Å²) in [5.41, 5.74) is 1.48. The average molecular weight is 264 g/mol. The number of benzene rings is 1. The monoisotopic (exact) mass is 264 g/mol. The Labute approximate surface area is 113 Å². The van der Waals surface area contributed by atoms with Crippen LogP contribution in [-0.4, -0.2) is 38.1 Å². The lowest BCUT2D eigenvalue weighted by atomic mass is 10.2. The minimum absolute atomic E-state index is 0.272. The van der Waals surface area contributed by atoms with Crippen LogP contribution in [0.5, 0.6) is 0 Å². The molecule has 5 heteroatoms. The van der Waals surface area contributed by atoms with Crippen molar-refractivity contribution in [3.63, 3.8) is 0 Å². The number of hydroxylamine groups is 2. The van der Waals surface area contributed by atoms with Crippen LogP contribution in [0.25, 0.3) is 0 Å². The maximum absolute atomic E-state index is 12.0. The molecule has 0 radical (unpaired) electrons. The molecule has 19 heavy (non-hydrogen) atoms. The molecular weight excluding hydrogens is 244 g/mol. The number of rotatable bonds is 3. The molecule has 1 aromatic rings. The van der Waals surface area contributed by atoms with E-state index in [1.54, 1.807) is 26.0 Å². The zero-order chi connectivity index (χ0) is 14.6. The molecule has 0 unspecified atom stereocenters. The first-order valence-corrected chi connectivity index (χ1v) is 6.10. The van der Waals surface area contributed by atoms with Crippen molar-refractivity contribution in [3.05, 3.63) is 29.8 Å². The van der Waals surface area contributed by atoms with Gasteiger partial charge in [0.05, 0.1) is 5.92 Å². The van der Waals surface area contributed by atoms with Gasteiger partial charge in [-0.05, 0) is 24.3 Å². The zero-order valence-corrected chi connectivity index (χ0v) is 12.0. The molecule has 0 N–H and O–H groups in total. The molecule has 0 atom stereocenters. The Morgan fingerprint density at radius 3 is 2.00 bits per heavy atom. The number of amides is 1. The Bertz CT molecular complexity index is 452.